The van der Waals surface area contributed by atoms with Gasteiger partial charge in [-0.15, -0.1) is 22.1 Å². The summed E-state index contributed by atoms with van der Waals surface area (Å²) in [6.07, 6.45) is 7.94. The van der Waals surface area contributed by atoms with Gasteiger partial charge in [0.2, 0.25) is 0 Å². The van der Waals surface area contributed by atoms with E-state index in [1.807, 2.05) is 158 Å². The Morgan fingerprint density at radius 3 is 0.743 bits per heavy atom. The molecule has 8 bridgehead atoms. The summed E-state index contributed by atoms with van der Waals surface area (Å²) in [7, 11) is 0. The van der Waals surface area contributed by atoms with Crippen molar-refractivity contribution in [1.82, 2.24) is 19.9 Å². The van der Waals surface area contributed by atoms with E-state index in [0.717, 1.165) is 33.4 Å². The summed E-state index contributed by atoms with van der Waals surface area (Å²) < 4.78 is 0. The third-order valence-corrected chi connectivity index (χ3v) is 18.3. The van der Waals surface area contributed by atoms with Gasteiger partial charge in [-0.2, -0.15) is 0 Å². The molecule has 0 unspecified atom stereocenters. The van der Waals surface area contributed by atoms with Crippen molar-refractivity contribution in [2.45, 2.75) is 105 Å². The zero-order valence-corrected chi connectivity index (χ0v) is 59.9. The number of carbonyl (C=O) groups excluding carboxylic acids is 4. The molecule has 13 heteroatoms. The number of carbonyl (C=O) groups is 4. The fourth-order valence-corrected chi connectivity index (χ4v) is 12.7. The molecule has 0 fully saturated rings. The Balaban J connectivity index is 0.00000965. The van der Waals surface area contributed by atoms with Crippen LogP contribution in [0.4, 0.5) is 22.7 Å². The first-order chi connectivity index (χ1) is 47.7. The maximum absolute atomic E-state index is 14.7. The van der Waals surface area contributed by atoms with E-state index in [9.17, 15) is 19.2 Å². The van der Waals surface area contributed by atoms with E-state index < -0.39 is 0 Å². The van der Waals surface area contributed by atoms with E-state index in [1.165, 1.54) is 0 Å². The molecule has 13 rings (SSSR count). The molecule has 3 aromatic heterocycles. The van der Waals surface area contributed by atoms with Gasteiger partial charge in [0.05, 0.1) is 45.5 Å². The predicted molar refractivity (Wildman–Crippen MR) is 411 cm³/mol. The van der Waals surface area contributed by atoms with Crippen molar-refractivity contribution in [3.8, 4) is 44.5 Å². The third-order valence-electron chi connectivity index (χ3n) is 18.3. The van der Waals surface area contributed by atoms with Gasteiger partial charge >= 0.3 is 16.8 Å². The van der Waals surface area contributed by atoms with Gasteiger partial charge in [0.1, 0.15) is 0 Å². The van der Waals surface area contributed by atoms with E-state index in [0.29, 0.717) is 123 Å². The quantitative estimate of drug-likeness (QED) is 0.0936. The van der Waals surface area contributed by atoms with Crippen LogP contribution in [-0.2, 0) is 38.4 Å². The number of fused-ring (bicyclic) bond motifs is 8. The maximum Gasteiger partial charge on any atom is 2.00 e. The average Bonchev–Trinajstić information content (AvgIpc) is 1.64. The normalized spacial score (nSPS) is 12.2. The molecule has 0 aliphatic carbocycles. The minimum atomic E-state index is -0.359. The van der Waals surface area contributed by atoms with Crippen LogP contribution < -0.4 is 31.2 Å². The van der Waals surface area contributed by atoms with Crippen LogP contribution in [0.1, 0.15) is 170 Å². The molecule has 5 heterocycles. The maximum atomic E-state index is 14.7. The summed E-state index contributed by atoms with van der Waals surface area (Å²) in [5, 5.41) is 13.1. The zero-order chi connectivity index (χ0) is 70.4. The molecule has 101 heavy (non-hydrogen) atoms. The first kappa shape index (κ1) is 69.6. The summed E-state index contributed by atoms with van der Waals surface area (Å²) in [6, 6.07) is 68.5. The van der Waals surface area contributed by atoms with E-state index in [1.54, 1.807) is 48.5 Å². The fraction of sp³-hybridized carbons (Fsp3) is 0.182. The first-order valence-corrected chi connectivity index (χ1v) is 33.8. The molecule has 2 aliphatic heterocycles. The van der Waals surface area contributed by atoms with Crippen molar-refractivity contribution in [1.29, 1.82) is 0 Å². The molecule has 11 aromatic rings. The minimum absolute atomic E-state index is 0. The molecular formula is C88H80CoN8O4. The molecule has 12 nitrogen and oxygen atoms in total. The molecule has 0 saturated heterocycles. The number of hydrogen-bond donors (Lipinski definition) is 4. The van der Waals surface area contributed by atoms with Crippen LogP contribution in [0, 0.1) is 0 Å². The fourth-order valence-electron chi connectivity index (χ4n) is 12.7. The van der Waals surface area contributed by atoms with Crippen LogP contribution >= 0.6 is 0 Å². The number of benzene rings is 8. The number of nitrogens with one attached hydrogen (secondary N) is 4. The predicted octanol–water partition coefficient (Wildman–Crippen LogP) is 20.8. The van der Waals surface area contributed by atoms with Crippen molar-refractivity contribution in [2.75, 3.05) is 21.3 Å². The van der Waals surface area contributed by atoms with Crippen LogP contribution in [0.3, 0.4) is 0 Å². The molecule has 2 aliphatic rings. The van der Waals surface area contributed by atoms with Gasteiger partial charge in [-0.1, -0.05) is 229 Å². The van der Waals surface area contributed by atoms with Gasteiger partial charge in [-0.05, 0) is 174 Å². The van der Waals surface area contributed by atoms with E-state index in [2.05, 4.69) is 141 Å². The SMILES string of the molecule is CC(C)(C)c1cc(-c2c3nc(c(-c4c(NC(=O)c5ccccc5)cccc4NC(=O)c4ccccc4)c4ccc([n-]4)c(-c4cc(C(C)(C)C)cc(C(C)(C)C)c4)c4nc(c(-c5c(NC(=O)c6ccccc6)cccc5NC(=O)c5ccccc5)c5ccc2[n-]5)C=C4)C=C3)cc(C(C)(C)C)c1.[Co+2]. The first-order valence-electron chi connectivity index (χ1n) is 33.8. The van der Waals surface area contributed by atoms with Gasteiger partial charge < -0.3 is 31.2 Å². The average molecular weight is 1370 g/mol. The molecule has 8 aromatic carbocycles. The van der Waals surface area contributed by atoms with Gasteiger partial charge in [0, 0.05) is 33.4 Å². The second-order valence-corrected chi connectivity index (χ2v) is 29.7. The number of hydrogen-bond acceptors (Lipinski definition) is 6. The van der Waals surface area contributed by atoms with Crippen molar-refractivity contribution < 1.29 is 36.0 Å². The Morgan fingerprint density at radius 2 is 0.505 bits per heavy atom. The van der Waals surface area contributed by atoms with E-state index in [4.69, 9.17) is 19.9 Å². The Bertz CT molecular complexity index is 4760. The Hall–Kier alpha value is -11.3. The molecule has 0 atom stereocenters. The third kappa shape index (κ3) is 14.8. The smallest absolute Gasteiger partial charge is 0.657 e. The number of anilines is 4. The van der Waals surface area contributed by atoms with Crippen molar-refractivity contribution in [3.05, 3.63) is 286 Å². The van der Waals surface area contributed by atoms with Gasteiger partial charge in [0.25, 0.3) is 23.6 Å². The second-order valence-electron chi connectivity index (χ2n) is 29.7. The largest absolute Gasteiger partial charge is 2.00 e. The number of amides is 4. The number of rotatable bonds is 12. The van der Waals surface area contributed by atoms with Crippen LogP contribution in [0.5, 0.6) is 0 Å². The summed E-state index contributed by atoms with van der Waals surface area (Å²) in [5.41, 5.74) is 16.0. The number of aromatic nitrogens is 4. The molecule has 4 N–H and O–H groups in total. The topological polar surface area (TPSA) is 170 Å². The minimum Gasteiger partial charge on any atom is -0.657 e. The summed E-state index contributed by atoms with van der Waals surface area (Å²) in [6.45, 7) is 26.5. The van der Waals surface area contributed by atoms with Gasteiger partial charge in [-0.25, -0.2) is 9.97 Å². The Labute approximate surface area is 601 Å². The van der Waals surface area contributed by atoms with Crippen molar-refractivity contribution in [3.63, 3.8) is 0 Å². The number of nitrogens with zero attached hydrogens (tertiary/aromatic N) is 4. The van der Waals surface area contributed by atoms with E-state index >= 15 is 0 Å². The molecular weight excluding hydrogens is 1290 g/mol. The van der Waals surface area contributed by atoms with E-state index in [-0.39, 0.29) is 62.1 Å². The molecule has 1 radical (unpaired) electrons. The Morgan fingerprint density at radius 1 is 0.277 bits per heavy atom. The van der Waals surface area contributed by atoms with Gasteiger partial charge in [-0.3, -0.25) is 19.2 Å². The van der Waals surface area contributed by atoms with Crippen LogP contribution in [-0.4, -0.2) is 33.6 Å². The molecule has 0 saturated carbocycles. The molecule has 4 amide bonds. The standard InChI is InChI=1S/C88H82N8O4.Co/c1-85(2,3)59-47-57(48-60(51-59)86(4,5)6)75-67-39-43-71(89-67)79(77-63(93-81(97)53-27-17-13-18-28-53)35-25-36-64(77)94-82(98)54-29-19-14-20-30-54)73-45-41-69(91-73)76(58-49-61(87(7,8)9)52-62(50-58)88(10,11)12)70-42-46-74(92-70)80(72-44-40-68(75)90-72)78-65(95-83(99)55-31-21-15-22-32-55)37-26-38-66(78)96-84(100)56-33-23-16-24-34-56;/h13-52H,1-12H3,(H6,89,90,91,92,93,94,95,96,97,98,99,100);/q;+2/p-2. The summed E-state index contributed by atoms with van der Waals surface area (Å²) >= 11 is 0. The van der Waals surface area contributed by atoms with Crippen LogP contribution in [0.15, 0.2) is 218 Å². The zero-order valence-electron chi connectivity index (χ0n) is 58.8. The summed E-state index contributed by atoms with van der Waals surface area (Å²) in [5.74, 6) is -1.44. The van der Waals surface area contributed by atoms with Gasteiger partial charge in [0.15, 0.2) is 0 Å². The molecule has 505 valence electrons. The Kier molecular flexibility index (Phi) is 19.2. The van der Waals surface area contributed by atoms with Crippen LogP contribution in [0.25, 0.3) is 90.9 Å². The molecule has 0 spiro atoms. The summed E-state index contributed by atoms with van der Waals surface area (Å²) in [4.78, 5) is 81.7. The van der Waals surface area contributed by atoms with Crippen molar-refractivity contribution >= 4 is 92.7 Å². The van der Waals surface area contributed by atoms with Crippen LogP contribution in [0.2, 0.25) is 0 Å². The second kappa shape index (κ2) is 27.8. The monoisotopic (exact) mass is 1370 g/mol. The van der Waals surface area contributed by atoms with Crippen molar-refractivity contribution in [2.24, 2.45) is 0 Å².